The molecule has 25 heavy (non-hydrogen) atoms. The maximum atomic E-state index is 12.8. The number of nitrogens with zero attached hydrogens (tertiary/aromatic N) is 4. The summed E-state index contributed by atoms with van der Waals surface area (Å²) in [5.74, 6) is -0.0742. The minimum Gasteiger partial charge on any atom is -0.342 e. The van der Waals surface area contributed by atoms with E-state index in [4.69, 9.17) is 0 Å². The van der Waals surface area contributed by atoms with Gasteiger partial charge in [-0.05, 0) is 38.0 Å². The fraction of sp³-hybridized carbons (Fsp3) is 0.421. The molecule has 0 radical (unpaired) electrons. The van der Waals surface area contributed by atoms with Crippen molar-refractivity contribution in [2.75, 3.05) is 26.2 Å². The first-order chi connectivity index (χ1) is 11.9. The molecule has 1 aromatic carbocycles. The average molecular weight is 340 g/mol. The van der Waals surface area contributed by atoms with Crippen molar-refractivity contribution in [2.45, 2.75) is 20.8 Å². The van der Waals surface area contributed by atoms with E-state index in [0.29, 0.717) is 31.9 Å². The van der Waals surface area contributed by atoms with Gasteiger partial charge in [-0.2, -0.15) is 5.10 Å². The van der Waals surface area contributed by atoms with Crippen LogP contribution in [0.2, 0.25) is 0 Å². The molecule has 0 unspecified atom stereocenters. The number of hydrogen-bond donors (Lipinski definition) is 0. The summed E-state index contributed by atoms with van der Waals surface area (Å²) in [7, 11) is 1.87. The maximum Gasteiger partial charge on any atom is 0.274 e. The van der Waals surface area contributed by atoms with Crippen LogP contribution in [0, 0.1) is 20.8 Å². The van der Waals surface area contributed by atoms with E-state index in [9.17, 15) is 9.59 Å². The Morgan fingerprint density at radius 1 is 1.04 bits per heavy atom. The van der Waals surface area contributed by atoms with Crippen LogP contribution in [0.25, 0.3) is 11.3 Å². The van der Waals surface area contributed by atoms with Gasteiger partial charge < -0.3 is 9.80 Å². The number of aromatic nitrogens is 2. The third-order valence-corrected chi connectivity index (χ3v) is 4.78. The normalized spacial score (nSPS) is 14.7. The summed E-state index contributed by atoms with van der Waals surface area (Å²) in [6, 6.07) is 6.17. The number of piperazine rings is 1. The van der Waals surface area contributed by atoms with E-state index in [1.807, 2.05) is 13.1 Å². The molecule has 2 aromatic rings. The Morgan fingerprint density at radius 2 is 1.64 bits per heavy atom. The first kappa shape index (κ1) is 17.2. The Morgan fingerprint density at radius 3 is 2.20 bits per heavy atom. The third-order valence-electron chi connectivity index (χ3n) is 4.78. The Bertz CT molecular complexity index is 794. The van der Waals surface area contributed by atoms with Gasteiger partial charge in [0, 0.05) is 38.8 Å². The summed E-state index contributed by atoms with van der Waals surface area (Å²) < 4.78 is 1.78. The second kappa shape index (κ2) is 6.70. The summed E-state index contributed by atoms with van der Waals surface area (Å²) in [6.45, 7) is 8.50. The highest BCUT2D eigenvalue weighted by molar-refractivity contribution is 5.93. The van der Waals surface area contributed by atoms with Crippen molar-refractivity contribution in [3.05, 3.63) is 40.6 Å². The largest absolute Gasteiger partial charge is 0.342 e. The van der Waals surface area contributed by atoms with Crippen molar-refractivity contribution >= 4 is 12.3 Å². The Balaban J connectivity index is 1.88. The molecule has 0 saturated carbocycles. The van der Waals surface area contributed by atoms with E-state index < -0.39 is 0 Å². The SMILES string of the molecule is Cc1cc(C)c(-c2cc(C(=O)N3CCN(C=O)CC3)nn2C)c(C)c1. The van der Waals surface area contributed by atoms with E-state index in [1.54, 1.807) is 14.5 Å². The van der Waals surface area contributed by atoms with Gasteiger partial charge in [0.05, 0.1) is 5.69 Å². The maximum absolute atomic E-state index is 12.8. The Labute approximate surface area is 148 Å². The Kier molecular flexibility index (Phi) is 4.61. The summed E-state index contributed by atoms with van der Waals surface area (Å²) >= 11 is 0. The summed E-state index contributed by atoms with van der Waals surface area (Å²) in [5.41, 5.74) is 6.12. The molecule has 0 N–H and O–H groups in total. The lowest BCUT2D eigenvalue weighted by Gasteiger charge is -2.32. The summed E-state index contributed by atoms with van der Waals surface area (Å²) in [6.07, 6.45) is 0.837. The van der Waals surface area contributed by atoms with Gasteiger partial charge >= 0.3 is 0 Å². The summed E-state index contributed by atoms with van der Waals surface area (Å²) in [4.78, 5) is 27.0. The predicted octanol–water partition coefficient (Wildman–Crippen LogP) is 1.93. The van der Waals surface area contributed by atoms with Crippen molar-refractivity contribution in [3.8, 4) is 11.3 Å². The minimum atomic E-state index is -0.0742. The number of rotatable bonds is 3. The predicted molar refractivity (Wildman–Crippen MR) is 96.4 cm³/mol. The van der Waals surface area contributed by atoms with Gasteiger partial charge in [0.1, 0.15) is 0 Å². The van der Waals surface area contributed by atoms with Gasteiger partial charge in [0.25, 0.3) is 5.91 Å². The van der Waals surface area contributed by atoms with Gasteiger partial charge in [-0.25, -0.2) is 0 Å². The molecule has 2 amide bonds. The van der Waals surface area contributed by atoms with Crippen LogP contribution in [-0.2, 0) is 11.8 Å². The molecule has 6 heteroatoms. The molecule has 0 bridgehead atoms. The van der Waals surface area contributed by atoms with Crippen LogP contribution >= 0.6 is 0 Å². The molecule has 132 valence electrons. The van der Waals surface area contributed by atoms with Gasteiger partial charge in [-0.1, -0.05) is 17.7 Å². The molecule has 2 heterocycles. The zero-order chi connectivity index (χ0) is 18.1. The van der Waals surface area contributed by atoms with Crippen molar-refractivity contribution in [1.29, 1.82) is 0 Å². The van der Waals surface area contributed by atoms with Crippen LogP contribution in [0.4, 0.5) is 0 Å². The molecule has 1 fully saturated rings. The fourth-order valence-electron chi connectivity index (χ4n) is 3.58. The van der Waals surface area contributed by atoms with Crippen molar-refractivity contribution in [2.24, 2.45) is 7.05 Å². The molecule has 1 aliphatic rings. The number of carbonyl (C=O) groups is 2. The number of carbonyl (C=O) groups excluding carboxylic acids is 2. The molecular weight excluding hydrogens is 316 g/mol. The molecule has 1 aromatic heterocycles. The fourth-order valence-corrected chi connectivity index (χ4v) is 3.58. The second-order valence-corrected chi connectivity index (χ2v) is 6.75. The molecule has 0 spiro atoms. The van der Waals surface area contributed by atoms with E-state index in [1.165, 1.54) is 16.7 Å². The monoisotopic (exact) mass is 340 g/mol. The van der Waals surface area contributed by atoms with Gasteiger partial charge in [-0.3, -0.25) is 14.3 Å². The quantitative estimate of drug-likeness (QED) is 0.802. The van der Waals surface area contributed by atoms with Crippen molar-refractivity contribution in [1.82, 2.24) is 19.6 Å². The number of hydrogen-bond acceptors (Lipinski definition) is 3. The van der Waals surface area contributed by atoms with Crippen LogP contribution in [0.1, 0.15) is 27.2 Å². The second-order valence-electron chi connectivity index (χ2n) is 6.75. The van der Waals surface area contributed by atoms with Gasteiger partial charge in [0.2, 0.25) is 6.41 Å². The van der Waals surface area contributed by atoms with Crippen LogP contribution in [0.3, 0.4) is 0 Å². The lowest BCUT2D eigenvalue weighted by Crippen LogP contribution is -2.48. The zero-order valence-corrected chi connectivity index (χ0v) is 15.2. The highest BCUT2D eigenvalue weighted by Crippen LogP contribution is 2.29. The van der Waals surface area contributed by atoms with Crippen LogP contribution in [-0.4, -0.2) is 58.1 Å². The molecule has 0 atom stereocenters. The van der Waals surface area contributed by atoms with Crippen LogP contribution < -0.4 is 0 Å². The third kappa shape index (κ3) is 3.29. The van der Waals surface area contributed by atoms with E-state index in [2.05, 4.69) is 38.0 Å². The number of benzene rings is 1. The van der Waals surface area contributed by atoms with E-state index >= 15 is 0 Å². The molecule has 3 rings (SSSR count). The Hall–Kier alpha value is -2.63. The lowest BCUT2D eigenvalue weighted by molar-refractivity contribution is -0.119. The van der Waals surface area contributed by atoms with Gasteiger partial charge in [0.15, 0.2) is 5.69 Å². The molecular formula is C19H24N4O2. The zero-order valence-electron chi connectivity index (χ0n) is 15.2. The highest BCUT2D eigenvalue weighted by atomic mass is 16.2. The first-order valence-corrected chi connectivity index (χ1v) is 8.51. The topological polar surface area (TPSA) is 58.4 Å². The molecule has 6 nitrogen and oxygen atoms in total. The van der Waals surface area contributed by atoms with E-state index in [0.717, 1.165) is 17.7 Å². The number of aryl methyl sites for hydroxylation is 4. The number of amides is 2. The van der Waals surface area contributed by atoms with Gasteiger partial charge in [-0.15, -0.1) is 0 Å². The van der Waals surface area contributed by atoms with Crippen molar-refractivity contribution < 1.29 is 9.59 Å². The van der Waals surface area contributed by atoms with Crippen LogP contribution in [0.5, 0.6) is 0 Å². The van der Waals surface area contributed by atoms with Crippen LogP contribution in [0.15, 0.2) is 18.2 Å². The molecule has 1 saturated heterocycles. The smallest absolute Gasteiger partial charge is 0.274 e. The molecule has 1 aliphatic heterocycles. The standard InChI is InChI=1S/C19H24N4O2/c1-13-9-14(2)18(15(3)10-13)17-11-16(20-21(17)4)19(25)23-7-5-22(12-24)6-8-23/h9-12H,5-8H2,1-4H3. The van der Waals surface area contributed by atoms with E-state index in [-0.39, 0.29) is 5.91 Å². The minimum absolute atomic E-state index is 0.0742. The first-order valence-electron chi connectivity index (χ1n) is 8.51. The average Bonchev–Trinajstić information content (AvgIpc) is 2.95. The highest BCUT2D eigenvalue weighted by Gasteiger charge is 2.24. The lowest BCUT2D eigenvalue weighted by atomic mass is 9.97. The molecule has 0 aliphatic carbocycles. The summed E-state index contributed by atoms with van der Waals surface area (Å²) in [5, 5.41) is 4.45. The van der Waals surface area contributed by atoms with Crippen molar-refractivity contribution in [3.63, 3.8) is 0 Å².